The van der Waals surface area contributed by atoms with Crippen LogP contribution < -0.4 is 5.32 Å². The van der Waals surface area contributed by atoms with Crippen molar-refractivity contribution >= 4 is 15.7 Å². The van der Waals surface area contributed by atoms with Crippen molar-refractivity contribution in [3.05, 3.63) is 65.2 Å². The highest BCUT2D eigenvalue weighted by Gasteiger charge is 2.34. The molecule has 0 saturated heterocycles. The lowest BCUT2D eigenvalue weighted by Crippen LogP contribution is -2.46. The van der Waals surface area contributed by atoms with E-state index in [4.69, 9.17) is 0 Å². The number of sulfone groups is 1. The van der Waals surface area contributed by atoms with Gasteiger partial charge in [-0.15, -0.1) is 0 Å². The monoisotopic (exact) mass is 457 g/mol. The smallest absolute Gasteiger partial charge is 0.389 e. The van der Waals surface area contributed by atoms with Gasteiger partial charge in [-0.2, -0.15) is 13.2 Å². The summed E-state index contributed by atoms with van der Waals surface area (Å²) in [6.45, 7) is 0. The van der Waals surface area contributed by atoms with Crippen LogP contribution in [0.5, 0.6) is 0 Å². The van der Waals surface area contributed by atoms with Crippen molar-refractivity contribution in [3.8, 4) is 0 Å². The number of aliphatic hydroxyl groups excluding tert-OH is 2. The summed E-state index contributed by atoms with van der Waals surface area (Å²) in [5, 5.41) is 22.9. The number of hydrogen-bond acceptors (Lipinski definition) is 5. The standard InChI is InChI=1S/C21H22F3NO5S/c22-21(23,24)14-7-4-8-15(11-14)31(29,30)12-18(26)19(27)20(28)25-17-10-3-6-13-5-1-2-9-16(13)17/h1-2,4-5,7-9,11,17-19,26-27H,3,6,10,12H2,(H,25,28). The number of aryl methyl sites for hydroxylation is 1. The minimum Gasteiger partial charge on any atom is -0.389 e. The van der Waals surface area contributed by atoms with E-state index >= 15 is 0 Å². The first-order valence-corrected chi connectivity index (χ1v) is 11.3. The van der Waals surface area contributed by atoms with Gasteiger partial charge >= 0.3 is 6.18 Å². The van der Waals surface area contributed by atoms with Gasteiger partial charge in [-0.25, -0.2) is 8.42 Å². The highest BCUT2D eigenvalue weighted by Crippen LogP contribution is 2.31. The van der Waals surface area contributed by atoms with E-state index in [1.807, 2.05) is 24.3 Å². The highest BCUT2D eigenvalue weighted by molar-refractivity contribution is 7.91. The van der Waals surface area contributed by atoms with Crippen LogP contribution in [0.25, 0.3) is 0 Å². The van der Waals surface area contributed by atoms with Gasteiger partial charge in [-0.1, -0.05) is 30.3 Å². The summed E-state index contributed by atoms with van der Waals surface area (Å²) in [6.07, 6.45) is -6.53. The van der Waals surface area contributed by atoms with Gasteiger partial charge in [0.05, 0.1) is 22.3 Å². The second kappa shape index (κ2) is 8.97. The first-order valence-electron chi connectivity index (χ1n) is 9.63. The zero-order chi connectivity index (χ0) is 22.8. The Hall–Kier alpha value is -2.43. The van der Waals surface area contributed by atoms with Gasteiger partial charge in [0.1, 0.15) is 6.10 Å². The molecule has 10 heteroatoms. The molecule has 2 aromatic rings. The second-order valence-corrected chi connectivity index (χ2v) is 9.51. The van der Waals surface area contributed by atoms with Crippen LogP contribution in [0.3, 0.4) is 0 Å². The third kappa shape index (κ3) is 5.44. The summed E-state index contributed by atoms with van der Waals surface area (Å²) in [4.78, 5) is 11.7. The molecular weight excluding hydrogens is 435 g/mol. The number of rotatable bonds is 6. The van der Waals surface area contributed by atoms with Crippen LogP contribution in [0.2, 0.25) is 0 Å². The molecule has 3 atom stereocenters. The molecule has 0 fully saturated rings. The Labute approximate surface area is 177 Å². The molecule has 0 bridgehead atoms. The van der Waals surface area contributed by atoms with Gasteiger partial charge < -0.3 is 15.5 Å². The van der Waals surface area contributed by atoms with E-state index in [-0.39, 0.29) is 6.04 Å². The molecule has 3 N–H and O–H groups in total. The number of halogens is 3. The van der Waals surface area contributed by atoms with E-state index in [2.05, 4.69) is 5.32 Å². The van der Waals surface area contributed by atoms with Crippen molar-refractivity contribution in [3.63, 3.8) is 0 Å². The molecule has 2 aromatic carbocycles. The Kier molecular flexibility index (Phi) is 6.73. The summed E-state index contributed by atoms with van der Waals surface area (Å²) in [7, 11) is -4.39. The average Bonchev–Trinajstić information content (AvgIpc) is 2.72. The molecule has 0 radical (unpaired) electrons. The van der Waals surface area contributed by atoms with E-state index < -0.39 is 50.3 Å². The summed E-state index contributed by atoms with van der Waals surface area (Å²) in [5.41, 5.74) is 0.791. The predicted molar refractivity (Wildman–Crippen MR) is 106 cm³/mol. The average molecular weight is 457 g/mol. The fourth-order valence-corrected chi connectivity index (χ4v) is 5.03. The molecule has 0 aliphatic heterocycles. The summed E-state index contributed by atoms with van der Waals surface area (Å²) in [5.74, 6) is -2.06. The number of nitrogens with one attached hydrogen (secondary N) is 1. The third-order valence-electron chi connectivity index (χ3n) is 5.23. The van der Waals surface area contributed by atoms with Gasteiger partial charge in [-0.05, 0) is 48.6 Å². The number of fused-ring (bicyclic) bond motifs is 1. The van der Waals surface area contributed by atoms with Crippen LogP contribution in [0, 0.1) is 0 Å². The van der Waals surface area contributed by atoms with Crippen molar-refractivity contribution in [2.45, 2.75) is 48.6 Å². The number of hydrogen-bond donors (Lipinski definition) is 3. The summed E-state index contributed by atoms with van der Waals surface area (Å²) < 4.78 is 63.4. The quantitative estimate of drug-likeness (QED) is 0.618. The maximum Gasteiger partial charge on any atom is 0.416 e. The molecule has 1 aliphatic carbocycles. The van der Waals surface area contributed by atoms with Crippen LogP contribution in [-0.4, -0.2) is 42.5 Å². The number of amides is 1. The zero-order valence-electron chi connectivity index (χ0n) is 16.3. The van der Waals surface area contributed by atoms with Gasteiger partial charge in [0.2, 0.25) is 0 Å². The van der Waals surface area contributed by atoms with Crippen molar-refractivity contribution in [2.75, 3.05) is 5.75 Å². The van der Waals surface area contributed by atoms with E-state index in [0.29, 0.717) is 12.5 Å². The van der Waals surface area contributed by atoms with Crippen LogP contribution in [0.15, 0.2) is 53.4 Å². The topological polar surface area (TPSA) is 104 Å². The van der Waals surface area contributed by atoms with Gasteiger partial charge in [0.15, 0.2) is 15.9 Å². The minimum absolute atomic E-state index is 0.389. The van der Waals surface area contributed by atoms with Gasteiger partial charge in [-0.3, -0.25) is 4.79 Å². The number of benzene rings is 2. The van der Waals surface area contributed by atoms with Crippen molar-refractivity contribution in [1.29, 1.82) is 0 Å². The van der Waals surface area contributed by atoms with Crippen LogP contribution in [0.4, 0.5) is 13.2 Å². The lowest BCUT2D eigenvalue weighted by molar-refractivity contribution is -0.137. The largest absolute Gasteiger partial charge is 0.416 e. The summed E-state index contributed by atoms with van der Waals surface area (Å²) in [6, 6.07) is 10.2. The highest BCUT2D eigenvalue weighted by atomic mass is 32.2. The second-order valence-electron chi connectivity index (χ2n) is 7.47. The molecule has 1 aliphatic rings. The van der Waals surface area contributed by atoms with E-state index in [0.717, 1.165) is 42.2 Å². The van der Waals surface area contributed by atoms with Crippen molar-refractivity contribution < 1.29 is 36.6 Å². The molecular formula is C21H22F3NO5S. The Morgan fingerprint density at radius 3 is 2.55 bits per heavy atom. The maximum atomic E-state index is 12.8. The number of alkyl halides is 3. The van der Waals surface area contributed by atoms with Crippen LogP contribution in [0.1, 0.15) is 35.6 Å². The van der Waals surface area contributed by atoms with E-state index in [1.165, 1.54) is 0 Å². The fraction of sp³-hybridized carbons (Fsp3) is 0.381. The molecule has 3 rings (SSSR count). The minimum atomic E-state index is -4.74. The number of carbonyl (C=O) groups excluding carboxylic acids is 1. The Bertz CT molecular complexity index is 1050. The third-order valence-corrected chi connectivity index (χ3v) is 6.98. The molecule has 168 valence electrons. The lowest BCUT2D eigenvalue weighted by Gasteiger charge is -2.28. The molecule has 6 nitrogen and oxygen atoms in total. The fourth-order valence-electron chi connectivity index (χ4n) is 3.61. The van der Waals surface area contributed by atoms with E-state index in [1.54, 1.807) is 0 Å². The van der Waals surface area contributed by atoms with Crippen LogP contribution in [-0.2, 0) is 27.2 Å². The Morgan fingerprint density at radius 2 is 1.84 bits per heavy atom. The Balaban J connectivity index is 1.69. The number of aliphatic hydroxyl groups is 2. The predicted octanol–water partition coefficient (Wildman–Crippen LogP) is 2.39. The van der Waals surface area contributed by atoms with E-state index in [9.17, 15) is 36.6 Å². The molecule has 0 heterocycles. The van der Waals surface area contributed by atoms with Gasteiger partial charge in [0, 0.05) is 0 Å². The van der Waals surface area contributed by atoms with Gasteiger partial charge in [0.25, 0.3) is 5.91 Å². The normalized spacial score (nSPS) is 18.7. The van der Waals surface area contributed by atoms with Crippen molar-refractivity contribution in [1.82, 2.24) is 5.32 Å². The first-order chi connectivity index (χ1) is 14.5. The molecule has 0 aromatic heterocycles. The summed E-state index contributed by atoms with van der Waals surface area (Å²) >= 11 is 0. The zero-order valence-corrected chi connectivity index (χ0v) is 17.2. The first kappa shape index (κ1) is 23.2. The molecule has 31 heavy (non-hydrogen) atoms. The molecule has 0 spiro atoms. The molecule has 0 saturated carbocycles. The SMILES string of the molecule is O=C(NC1CCCc2ccccc21)C(O)C(O)CS(=O)(=O)c1cccc(C(F)(F)F)c1. The lowest BCUT2D eigenvalue weighted by atomic mass is 9.87. The Morgan fingerprint density at radius 1 is 1.13 bits per heavy atom. The van der Waals surface area contributed by atoms with Crippen molar-refractivity contribution in [2.24, 2.45) is 0 Å². The number of carbonyl (C=O) groups is 1. The van der Waals surface area contributed by atoms with Crippen LogP contribution >= 0.6 is 0 Å². The molecule has 1 amide bonds. The maximum absolute atomic E-state index is 12.8. The molecule has 3 unspecified atom stereocenters.